The fraction of sp³-hybridized carbons (Fsp3) is 0.929. The molecule has 0 atom stereocenters. The predicted molar refractivity (Wildman–Crippen MR) is 291 cm³/mol. The summed E-state index contributed by atoms with van der Waals surface area (Å²) in [6, 6.07) is 0. The van der Waals surface area contributed by atoms with Crippen molar-refractivity contribution in [2.75, 3.05) is 158 Å². The van der Waals surface area contributed by atoms with Crippen molar-refractivity contribution < 1.29 is 86.2 Å². The standard InChI is InChI=1S/C56H108N2O18/c1-6-8-10-12-14-16-18-20-22-24-56(50(51(59)60)52(61)62,25-23-21-19-17-15-13-11-9-7-2)53(63)57-26-28-65-30-32-67-34-36-69-38-40-71-42-44-73-46-48-75-49-47-74-45-43-72-41-39-70-37-35-68-33-31-66-29-27-58-54(64)76-55(3,4)5/h50H,6-49H2,1-5H3,(H,57,63)(H,58,64)(H,59,60)(H,61,62). The summed E-state index contributed by atoms with van der Waals surface area (Å²) in [5, 5.41) is 25.9. The van der Waals surface area contributed by atoms with E-state index in [1.165, 1.54) is 51.4 Å². The molecule has 20 nitrogen and oxygen atoms in total. The summed E-state index contributed by atoms with van der Waals surface area (Å²) >= 11 is 0. The van der Waals surface area contributed by atoms with Crippen LogP contribution in [0.4, 0.5) is 4.79 Å². The Hall–Kier alpha value is -2.76. The Morgan fingerprint density at radius 3 is 0.842 bits per heavy atom. The Kier molecular flexibility index (Phi) is 52.2. The largest absolute Gasteiger partial charge is 0.481 e. The van der Waals surface area contributed by atoms with Crippen LogP contribution in [0, 0.1) is 11.3 Å². The Bertz CT molecular complexity index is 1290. The number of unbranched alkanes of at least 4 members (excludes halogenated alkanes) is 16. The SMILES string of the molecule is CCCCCCCCCCCC(CCCCCCCCCCC)(C(=O)NCCOCCOCCOCCOCCOCCOCCOCCOCCOCCOCCOCCNC(=O)OC(C)(C)C)C(C(=O)O)C(=O)O. The van der Waals surface area contributed by atoms with Gasteiger partial charge in [-0.2, -0.15) is 0 Å². The first-order valence-electron chi connectivity index (χ1n) is 29.0. The number of carbonyl (C=O) groups is 4. The van der Waals surface area contributed by atoms with Crippen molar-refractivity contribution in [2.24, 2.45) is 11.3 Å². The van der Waals surface area contributed by atoms with E-state index < -0.39 is 40.9 Å². The summed E-state index contributed by atoms with van der Waals surface area (Å²) in [6.07, 6.45) is 19.0. The number of hydrogen-bond acceptors (Lipinski definition) is 16. The summed E-state index contributed by atoms with van der Waals surface area (Å²) < 4.78 is 65.9. The Morgan fingerprint density at radius 1 is 0.355 bits per heavy atom. The highest BCUT2D eigenvalue weighted by Gasteiger charge is 2.52. The summed E-state index contributed by atoms with van der Waals surface area (Å²) in [7, 11) is 0. The fourth-order valence-corrected chi connectivity index (χ4v) is 8.11. The molecule has 0 bridgehead atoms. The molecule has 0 saturated heterocycles. The molecule has 0 spiro atoms. The van der Waals surface area contributed by atoms with E-state index in [1.807, 2.05) is 20.8 Å². The highest BCUT2D eigenvalue weighted by Crippen LogP contribution is 2.41. The van der Waals surface area contributed by atoms with Crippen LogP contribution in [0.2, 0.25) is 0 Å². The minimum atomic E-state index is -1.83. The molecule has 0 saturated carbocycles. The van der Waals surface area contributed by atoms with Crippen molar-refractivity contribution in [3.8, 4) is 0 Å². The molecule has 0 rings (SSSR count). The van der Waals surface area contributed by atoms with E-state index in [-0.39, 0.29) is 26.0 Å². The lowest BCUT2D eigenvalue weighted by Crippen LogP contribution is -2.52. The van der Waals surface area contributed by atoms with Crippen molar-refractivity contribution in [2.45, 2.75) is 169 Å². The Morgan fingerprint density at radius 2 is 0.592 bits per heavy atom. The van der Waals surface area contributed by atoms with Crippen LogP contribution in [0.5, 0.6) is 0 Å². The molecule has 20 heteroatoms. The van der Waals surface area contributed by atoms with E-state index in [0.717, 1.165) is 51.4 Å². The van der Waals surface area contributed by atoms with Crippen molar-refractivity contribution in [3.63, 3.8) is 0 Å². The van der Waals surface area contributed by atoms with Crippen LogP contribution in [0.3, 0.4) is 0 Å². The number of carboxylic acid groups (broad SMARTS) is 2. The third-order valence-electron chi connectivity index (χ3n) is 12.1. The molecule has 0 aromatic carbocycles. The number of carboxylic acids is 2. The van der Waals surface area contributed by atoms with E-state index in [2.05, 4.69) is 24.5 Å². The second-order valence-corrected chi connectivity index (χ2v) is 19.8. The van der Waals surface area contributed by atoms with E-state index in [4.69, 9.17) is 56.8 Å². The average molecular weight is 1100 g/mol. The quantitative estimate of drug-likeness (QED) is 0.0330. The zero-order valence-electron chi connectivity index (χ0n) is 48.1. The molecular formula is C56H108N2O18. The molecule has 0 aromatic heterocycles. The molecule has 0 aliphatic rings. The average Bonchev–Trinajstić information content (AvgIpc) is 3.37. The molecule has 0 aromatic rings. The van der Waals surface area contributed by atoms with Gasteiger partial charge in [0.2, 0.25) is 5.91 Å². The summed E-state index contributed by atoms with van der Waals surface area (Å²) in [6.45, 7) is 19.4. The normalized spacial score (nSPS) is 11.9. The lowest BCUT2D eigenvalue weighted by atomic mass is 9.67. The van der Waals surface area contributed by atoms with Gasteiger partial charge < -0.3 is 77.7 Å². The molecular weight excluding hydrogens is 989 g/mol. The maximum atomic E-state index is 14.0. The van der Waals surface area contributed by atoms with Crippen molar-refractivity contribution >= 4 is 23.9 Å². The minimum absolute atomic E-state index is 0.135. The zero-order valence-corrected chi connectivity index (χ0v) is 48.1. The van der Waals surface area contributed by atoms with Gasteiger partial charge in [-0.1, -0.05) is 129 Å². The van der Waals surface area contributed by atoms with Gasteiger partial charge in [0.05, 0.1) is 151 Å². The molecule has 0 aliphatic heterocycles. The van der Waals surface area contributed by atoms with Gasteiger partial charge in [0, 0.05) is 13.1 Å². The number of aliphatic carboxylic acids is 2. The van der Waals surface area contributed by atoms with Crippen LogP contribution in [0.25, 0.3) is 0 Å². The van der Waals surface area contributed by atoms with Gasteiger partial charge >= 0.3 is 18.0 Å². The van der Waals surface area contributed by atoms with E-state index in [9.17, 15) is 29.4 Å². The smallest absolute Gasteiger partial charge is 0.407 e. The van der Waals surface area contributed by atoms with Crippen molar-refractivity contribution in [3.05, 3.63) is 0 Å². The molecule has 2 amide bonds. The van der Waals surface area contributed by atoms with Crippen LogP contribution in [0.1, 0.15) is 163 Å². The fourth-order valence-electron chi connectivity index (χ4n) is 8.11. The molecule has 4 N–H and O–H groups in total. The summed E-state index contributed by atoms with van der Waals surface area (Å²) in [5.74, 6) is -5.27. The molecule has 0 aliphatic carbocycles. The zero-order chi connectivity index (χ0) is 55.9. The van der Waals surface area contributed by atoms with Gasteiger partial charge in [-0.3, -0.25) is 14.4 Å². The first-order valence-corrected chi connectivity index (χ1v) is 29.0. The minimum Gasteiger partial charge on any atom is -0.481 e. The topological polar surface area (TPSA) is 244 Å². The maximum absolute atomic E-state index is 14.0. The lowest BCUT2D eigenvalue weighted by Gasteiger charge is -2.36. The van der Waals surface area contributed by atoms with Gasteiger partial charge in [-0.15, -0.1) is 0 Å². The van der Waals surface area contributed by atoms with Gasteiger partial charge in [-0.05, 0) is 33.6 Å². The first kappa shape index (κ1) is 73.2. The lowest BCUT2D eigenvalue weighted by molar-refractivity contribution is -0.167. The summed E-state index contributed by atoms with van der Waals surface area (Å²) in [4.78, 5) is 50.6. The highest BCUT2D eigenvalue weighted by molar-refractivity contribution is 6.00. The Labute approximate surface area is 458 Å². The number of carbonyl (C=O) groups excluding carboxylic acids is 2. The third kappa shape index (κ3) is 47.3. The number of nitrogens with one attached hydrogen (secondary N) is 2. The molecule has 450 valence electrons. The predicted octanol–water partition coefficient (Wildman–Crippen LogP) is 8.42. The van der Waals surface area contributed by atoms with Gasteiger partial charge in [-0.25, -0.2) is 4.79 Å². The van der Waals surface area contributed by atoms with Crippen LogP contribution in [-0.2, 0) is 71.2 Å². The maximum Gasteiger partial charge on any atom is 0.407 e. The third-order valence-corrected chi connectivity index (χ3v) is 12.1. The van der Waals surface area contributed by atoms with Crippen molar-refractivity contribution in [1.82, 2.24) is 10.6 Å². The second kappa shape index (κ2) is 54.2. The molecule has 76 heavy (non-hydrogen) atoms. The van der Waals surface area contributed by atoms with Crippen LogP contribution >= 0.6 is 0 Å². The number of hydrogen-bond donors (Lipinski definition) is 4. The van der Waals surface area contributed by atoms with Gasteiger partial charge in [0.15, 0.2) is 5.92 Å². The number of amides is 2. The van der Waals surface area contributed by atoms with Gasteiger partial charge in [0.1, 0.15) is 5.60 Å². The number of rotatable bonds is 60. The molecule has 0 unspecified atom stereocenters. The molecule has 0 heterocycles. The van der Waals surface area contributed by atoms with Crippen LogP contribution in [0.15, 0.2) is 0 Å². The molecule has 0 fully saturated rings. The summed E-state index contributed by atoms with van der Waals surface area (Å²) in [5.41, 5.74) is -2.07. The number of alkyl carbamates (subject to hydrolysis) is 1. The van der Waals surface area contributed by atoms with E-state index in [1.54, 1.807) is 0 Å². The van der Waals surface area contributed by atoms with E-state index >= 15 is 0 Å². The van der Waals surface area contributed by atoms with Crippen LogP contribution in [-0.4, -0.2) is 198 Å². The second-order valence-electron chi connectivity index (χ2n) is 19.8. The van der Waals surface area contributed by atoms with Crippen LogP contribution < -0.4 is 10.6 Å². The van der Waals surface area contributed by atoms with Gasteiger partial charge in [0.25, 0.3) is 0 Å². The monoisotopic (exact) mass is 1100 g/mol. The Balaban J connectivity index is 3.98. The molecule has 0 radical (unpaired) electrons. The van der Waals surface area contributed by atoms with Crippen molar-refractivity contribution in [1.29, 1.82) is 0 Å². The first-order chi connectivity index (χ1) is 36.9. The number of ether oxygens (including phenoxy) is 12. The highest BCUT2D eigenvalue weighted by atomic mass is 16.6. The van der Waals surface area contributed by atoms with E-state index in [0.29, 0.717) is 158 Å².